The Kier molecular flexibility index (Phi) is 7.75. The van der Waals surface area contributed by atoms with Crippen LogP contribution in [0.3, 0.4) is 0 Å². The van der Waals surface area contributed by atoms with E-state index in [1.807, 2.05) is 11.3 Å². The summed E-state index contributed by atoms with van der Waals surface area (Å²) in [6.07, 6.45) is 0. The van der Waals surface area contributed by atoms with E-state index in [4.69, 9.17) is 9.97 Å². The molecule has 3 heteroatoms. The third-order valence-electron chi connectivity index (χ3n) is 11.8. The Bertz CT molecular complexity index is 3630. The highest BCUT2D eigenvalue weighted by Crippen LogP contribution is 2.41. The molecular formula is C56H34N2S. The minimum absolute atomic E-state index is 0.725. The number of benzene rings is 10. The van der Waals surface area contributed by atoms with E-state index >= 15 is 0 Å². The zero-order chi connectivity index (χ0) is 38.9. The van der Waals surface area contributed by atoms with Gasteiger partial charge in [-0.1, -0.05) is 164 Å². The van der Waals surface area contributed by atoms with Crippen LogP contribution in [0.4, 0.5) is 0 Å². The molecule has 0 bridgehead atoms. The molecule has 0 fully saturated rings. The monoisotopic (exact) mass is 766 g/mol. The first-order valence-electron chi connectivity index (χ1n) is 20.0. The fourth-order valence-electron chi connectivity index (χ4n) is 8.91. The second kappa shape index (κ2) is 13.6. The molecule has 12 rings (SSSR count). The quantitative estimate of drug-likeness (QED) is 0.163. The maximum absolute atomic E-state index is 5.39. The summed E-state index contributed by atoms with van der Waals surface area (Å²) in [7, 11) is 0. The SMILES string of the molecule is c1cc(-c2ccc3cc(-c4cccc5ccccc45)ccc3c2)cc(-c2cc(-c3ccc4ccc5ccccc5c4c3)nc(-c3cccc4sc5ccccc5c34)n2)c1. The number of aromatic nitrogens is 2. The Labute approximate surface area is 345 Å². The van der Waals surface area contributed by atoms with Crippen molar-refractivity contribution in [3.8, 4) is 56.2 Å². The molecule has 0 aliphatic rings. The van der Waals surface area contributed by atoms with Gasteiger partial charge in [0, 0.05) is 36.9 Å². The normalized spacial score (nSPS) is 11.7. The van der Waals surface area contributed by atoms with E-state index in [0.717, 1.165) is 39.5 Å². The van der Waals surface area contributed by atoms with Crippen molar-refractivity contribution in [1.82, 2.24) is 9.97 Å². The highest BCUT2D eigenvalue weighted by molar-refractivity contribution is 7.25. The van der Waals surface area contributed by atoms with Gasteiger partial charge in [-0.2, -0.15) is 0 Å². The largest absolute Gasteiger partial charge is 0.228 e. The Morgan fingerprint density at radius 3 is 1.66 bits per heavy atom. The van der Waals surface area contributed by atoms with Gasteiger partial charge in [-0.3, -0.25) is 0 Å². The van der Waals surface area contributed by atoms with Gasteiger partial charge in [0.25, 0.3) is 0 Å². The van der Waals surface area contributed by atoms with Gasteiger partial charge in [0.2, 0.25) is 0 Å². The predicted octanol–water partition coefficient (Wildman–Crippen LogP) is 15.8. The van der Waals surface area contributed by atoms with E-state index in [1.165, 1.54) is 80.0 Å². The van der Waals surface area contributed by atoms with Crippen molar-refractivity contribution in [2.45, 2.75) is 0 Å². The lowest BCUT2D eigenvalue weighted by molar-refractivity contribution is 1.19. The fraction of sp³-hybridized carbons (Fsp3) is 0. The maximum Gasteiger partial charge on any atom is 0.161 e. The minimum atomic E-state index is 0.725. The molecule has 0 atom stereocenters. The topological polar surface area (TPSA) is 25.8 Å². The lowest BCUT2D eigenvalue weighted by Crippen LogP contribution is -1.96. The van der Waals surface area contributed by atoms with Crippen molar-refractivity contribution in [1.29, 1.82) is 0 Å². The summed E-state index contributed by atoms with van der Waals surface area (Å²) in [5, 5.41) is 12.3. The molecule has 0 saturated heterocycles. The smallest absolute Gasteiger partial charge is 0.161 e. The summed E-state index contributed by atoms with van der Waals surface area (Å²) in [6, 6.07) is 74.7. The molecule has 2 heterocycles. The van der Waals surface area contributed by atoms with Crippen molar-refractivity contribution >= 4 is 74.6 Å². The van der Waals surface area contributed by atoms with Crippen LogP contribution in [-0.2, 0) is 0 Å². The van der Waals surface area contributed by atoms with Gasteiger partial charge in [0.1, 0.15) is 0 Å². The molecule has 2 aromatic heterocycles. The van der Waals surface area contributed by atoms with Crippen molar-refractivity contribution < 1.29 is 0 Å². The summed E-state index contributed by atoms with van der Waals surface area (Å²) in [6.45, 7) is 0. The Morgan fingerprint density at radius 1 is 0.288 bits per heavy atom. The molecule has 12 aromatic rings. The van der Waals surface area contributed by atoms with Crippen LogP contribution in [0, 0.1) is 0 Å². The number of hydrogen-bond donors (Lipinski definition) is 0. The molecule has 2 nitrogen and oxygen atoms in total. The first-order valence-corrected chi connectivity index (χ1v) is 20.9. The predicted molar refractivity (Wildman–Crippen MR) is 252 cm³/mol. The average molecular weight is 767 g/mol. The molecule has 10 aromatic carbocycles. The van der Waals surface area contributed by atoms with E-state index in [2.05, 4.69) is 206 Å². The van der Waals surface area contributed by atoms with Crippen LogP contribution in [0.1, 0.15) is 0 Å². The summed E-state index contributed by atoms with van der Waals surface area (Å²) >= 11 is 1.82. The molecule has 0 aliphatic heterocycles. The van der Waals surface area contributed by atoms with Crippen molar-refractivity contribution in [3.63, 3.8) is 0 Å². The average Bonchev–Trinajstić information content (AvgIpc) is 3.70. The lowest BCUT2D eigenvalue weighted by atomic mass is 9.94. The molecule has 0 unspecified atom stereocenters. The van der Waals surface area contributed by atoms with Gasteiger partial charge in [-0.25, -0.2) is 9.97 Å². The number of nitrogens with zero attached hydrogens (tertiary/aromatic N) is 2. The molecule has 0 aliphatic carbocycles. The molecular weight excluding hydrogens is 733 g/mol. The summed E-state index contributed by atoms with van der Waals surface area (Å²) < 4.78 is 2.50. The molecule has 0 radical (unpaired) electrons. The van der Waals surface area contributed by atoms with E-state index in [9.17, 15) is 0 Å². The van der Waals surface area contributed by atoms with Crippen LogP contribution in [-0.4, -0.2) is 9.97 Å². The Balaban J connectivity index is 0.997. The van der Waals surface area contributed by atoms with Crippen molar-refractivity contribution in [2.24, 2.45) is 0 Å². The minimum Gasteiger partial charge on any atom is -0.228 e. The van der Waals surface area contributed by atoms with Crippen LogP contribution in [0.2, 0.25) is 0 Å². The van der Waals surface area contributed by atoms with E-state index in [0.29, 0.717) is 0 Å². The molecule has 0 amide bonds. The maximum atomic E-state index is 5.39. The number of rotatable bonds is 5. The summed E-state index contributed by atoms with van der Waals surface area (Å²) in [5.74, 6) is 0.725. The highest BCUT2D eigenvalue weighted by Gasteiger charge is 2.17. The van der Waals surface area contributed by atoms with Crippen molar-refractivity contribution in [2.75, 3.05) is 0 Å². The molecule has 59 heavy (non-hydrogen) atoms. The van der Waals surface area contributed by atoms with Crippen LogP contribution in [0.25, 0.3) is 119 Å². The van der Waals surface area contributed by atoms with Crippen molar-refractivity contribution in [3.05, 3.63) is 206 Å². The van der Waals surface area contributed by atoms with Gasteiger partial charge in [-0.15, -0.1) is 11.3 Å². The van der Waals surface area contributed by atoms with Gasteiger partial charge in [0.05, 0.1) is 11.4 Å². The molecule has 0 spiro atoms. The molecule has 274 valence electrons. The van der Waals surface area contributed by atoms with Gasteiger partial charge in [-0.05, 0) is 108 Å². The lowest BCUT2D eigenvalue weighted by Gasteiger charge is -2.13. The Hall–Kier alpha value is -7.46. The van der Waals surface area contributed by atoms with E-state index in [-0.39, 0.29) is 0 Å². The zero-order valence-corrected chi connectivity index (χ0v) is 32.7. The first-order chi connectivity index (χ1) is 29.2. The van der Waals surface area contributed by atoms with Gasteiger partial charge >= 0.3 is 0 Å². The standard InChI is InChI=1S/C56H34N2S/c1-3-15-45-35(10-1)12-8-18-47(45)42-28-27-40-30-39(25-26-41(40)31-42)38-13-7-14-43(32-38)51-34-52(44-29-24-37-23-22-36-11-2-4-16-46(36)50(37)33-44)58-56(57-51)49-19-9-21-54-55(49)48-17-5-6-20-53(48)59-54/h1-34H. The second-order valence-corrected chi connectivity index (χ2v) is 16.4. The third-order valence-corrected chi connectivity index (χ3v) is 13.0. The number of hydrogen-bond acceptors (Lipinski definition) is 3. The first kappa shape index (κ1) is 33.7. The third kappa shape index (κ3) is 5.78. The van der Waals surface area contributed by atoms with Crippen LogP contribution in [0.15, 0.2) is 206 Å². The van der Waals surface area contributed by atoms with E-state index in [1.54, 1.807) is 0 Å². The van der Waals surface area contributed by atoms with Crippen LogP contribution in [0.5, 0.6) is 0 Å². The highest BCUT2D eigenvalue weighted by atomic mass is 32.1. The molecule has 0 saturated carbocycles. The van der Waals surface area contributed by atoms with E-state index < -0.39 is 0 Å². The number of thiophene rings is 1. The van der Waals surface area contributed by atoms with Crippen LogP contribution < -0.4 is 0 Å². The van der Waals surface area contributed by atoms with Gasteiger partial charge in [0.15, 0.2) is 5.82 Å². The molecule has 0 N–H and O–H groups in total. The summed E-state index contributed by atoms with van der Waals surface area (Å²) in [4.78, 5) is 10.8. The zero-order valence-electron chi connectivity index (χ0n) is 31.9. The fourth-order valence-corrected chi connectivity index (χ4v) is 10.0. The summed E-state index contributed by atoms with van der Waals surface area (Å²) in [5.41, 5.74) is 9.74. The van der Waals surface area contributed by atoms with Crippen LogP contribution >= 0.6 is 11.3 Å². The van der Waals surface area contributed by atoms with Gasteiger partial charge < -0.3 is 0 Å². The second-order valence-electron chi connectivity index (χ2n) is 15.3. The number of fused-ring (bicyclic) bond motifs is 8. The Morgan fingerprint density at radius 2 is 0.814 bits per heavy atom.